The number of piperazine rings is 1. The van der Waals surface area contributed by atoms with Gasteiger partial charge in [-0.15, -0.1) is 0 Å². The average Bonchev–Trinajstić information content (AvgIpc) is 2.33. The molecule has 0 amide bonds. The smallest absolute Gasteiger partial charge is 0.0645 e. The van der Waals surface area contributed by atoms with E-state index in [-0.39, 0.29) is 0 Å². The second-order valence-corrected chi connectivity index (χ2v) is 4.88. The molecule has 0 N–H and O–H groups in total. The van der Waals surface area contributed by atoms with E-state index in [0.29, 0.717) is 12.1 Å². The Labute approximate surface area is 114 Å². The zero-order valence-corrected chi connectivity index (χ0v) is 13.4. The maximum atomic E-state index is 5.23. The summed E-state index contributed by atoms with van der Waals surface area (Å²) in [6.07, 6.45) is 1.25. The summed E-state index contributed by atoms with van der Waals surface area (Å²) in [5.41, 5.74) is 0. The van der Waals surface area contributed by atoms with E-state index in [0.717, 1.165) is 13.2 Å². The number of hydrogen-bond donors (Lipinski definition) is 0. The first-order chi connectivity index (χ1) is 8.72. The van der Waals surface area contributed by atoms with Crippen molar-refractivity contribution in [3.8, 4) is 0 Å². The van der Waals surface area contributed by atoms with Gasteiger partial charge in [0, 0.05) is 25.7 Å². The first-order valence-corrected chi connectivity index (χ1v) is 7.78. The summed E-state index contributed by atoms with van der Waals surface area (Å²) in [7, 11) is 0. The number of hydrogen-bond acceptors (Lipinski definition) is 3. The van der Waals surface area contributed by atoms with Crippen molar-refractivity contribution in [1.82, 2.24) is 9.80 Å². The molecule has 3 heteroatoms. The maximum Gasteiger partial charge on any atom is 0.0645 e. The van der Waals surface area contributed by atoms with Crippen LogP contribution in [-0.4, -0.2) is 61.3 Å². The zero-order valence-electron chi connectivity index (χ0n) is 13.4. The Bertz CT molecular complexity index is 183. The Morgan fingerprint density at radius 3 is 1.94 bits per heavy atom. The van der Waals surface area contributed by atoms with Gasteiger partial charge in [-0.25, -0.2) is 0 Å². The Hall–Kier alpha value is -0.120. The largest absolute Gasteiger partial charge is 0.378 e. The first kappa shape index (κ1) is 17.9. The van der Waals surface area contributed by atoms with E-state index in [2.05, 4.69) is 37.5 Å². The Kier molecular flexibility index (Phi) is 10.7. The van der Waals surface area contributed by atoms with Gasteiger partial charge >= 0.3 is 0 Å². The fraction of sp³-hybridized carbons (Fsp3) is 1.00. The van der Waals surface area contributed by atoms with E-state index in [1.165, 1.54) is 32.6 Å². The molecule has 1 atom stereocenters. The molecule has 0 aromatic heterocycles. The van der Waals surface area contributed by atoms with Gasteiger partial charge in [-0.2, -0.15) is 0 Å². The molecule has 18 heavy (non-hydrogen) atoms. The second kappa shape index (κ2) is 10.8. The molecule has 110 valence electrons. The van der Waals surface area contributed by atoms with Crippen LogP contribution in [-0.2, 0) is 4.74 Å². The highest BCUT2D eigenvalue weighted by Gasteiger charge is 2.32. The molecule has 0 radical (unpaired) electrons. The van der Waals surface area contributed by atoms with Crippen molar-refractivity contribution in [3.05, 3.63) is 0 Å². The third-order valence-electron chi connectivity index (χ3n) is 3.30. The van der Waals surface area contributed by atoms with Crippen molar-refractivity contribution >= 4 is 0 Å². The first-order valence-electron chi connectivity index (χ1n) is 7.78. The summed E-state index contributed by atoms with van der Waals surface area (Å²) < 4.78 is 5.23. The van der Waals surface area contributed by atoms with Gasteiger partial charge in [-0.1, -0.05) is 41.0 Å². The van der Waals surface area contributed by atoms with Gasteiger partial charge in [0.05, 0.1) is 19.3 Å². The van der Waals surface area contributed by atoms with Crippen molar-refractivity contribution in [3.63, 3.8) is 0 Å². The fourth-order valence-corrected chi connectivity index (χ4v) is 2.29. The number of rotatable bonds is 2. The Morgan fingerprint density at radius 1 is 1.06 bits per heavy atom. The van der Waals surface area contributed by atoms with Crippen LogP contribution in [0.15, 0.2) is 0 Å². The molecule has 2 aliphatic rings. The van der Waals surface area contributed by atoms with Crippen LogP contribution in [0.4, 0.5) is 0 Å². The van der Waals surface area contributed by atoms with Gasteiger partial charge in [-0.3, -0.25) is 4.90 Å². The molecule has 2 fully saturated rings. The van der Waals surface area contributed by atoms with E-state index in [9.17, 15) is 0 Å². The fourth-order valence-electron chi connectivity index (χ4n) is 2.29. The normalized spacial score (nSPS) is 25.3. The molecule has 2 rings (SSSR count). The van der Waals surface area contributed by atoms with E-state index < -0.39 is 0 Å². The average molecular weight is 258 g/mol. The number of nitrogens with zero attached hydrogens (tertiary/aromatic N) is 2. The monoisotopic (exact) mass is 258 g/mol. The molecule has 0 bridgehead atoms. The van der Waals surface area contributed by atoms with Crippen molar-refractivity contribution in [2.24, 2.45) is 0 Å². The van der Waals surface area contributed by atoms with E-state index in [1.54, 1.807) is 0 Å². The molecule has 2 aliphatic heterocycles. The summed E-state index contributed by atoms with van der Waals surface area (Å²) in [6, 6.07) is 1.43. The highest BCUT2D eigenvalue weighted by Crippen LogP contribution is 2.17. The second-order valence-electron chi connectivity index (χ2n) is 4.88. The minimum atomic E-state index is 0.711. The highest BCUT2D eigenvalue weighted by molar-refractivity contribution is 4.86. The van der Waals surface area contributed by atoms with E-state index in [4.69, 9.17) is 4.74 Å². The lowest BCUT2D eigenvalue weighted by Crippen LogP contribution is -2.60. The molecule has 0 spiro atoms. The van der Waals surface area contributed by atoms with Crippen LogP contribution in [0.5, 0.6) is 0 Å². The van der Waals surface area contributed by atoms with Gasteiger partial charge in [0.2, 0.25) is 0 Å². The van der Waals surface area contributed by atoms with E-state index in [1.807, 2.05) is 13.8 Å². The van der Waals surface area contributed by atoms with Crippen LogP contribution in [0.1, 0.15) is 48.0 Å². The summed E-state index contributed by atoms with van der Waals surface area (Å²) >= 11 is 0. The van der Waals surface area contributed by atoms with Crippen molar-refractivity contribution < 1.29 is 4.74 Å². The van der Waals surface area contributed by atoms with Gasteiger partial charge in [0.1, 0.15) is 0 Å². The lowest BCUT2D eigenvalue weighted by Gasteiger charge is -2.46. The number of likely N-dealkylation sites (N-methyl/N-ethyl adjacent to an activating group) is 1. The predicted molar refractivity (Wildman–Crippen MR) is 80.2 cm³/mol. The topological polar surface area (TPSA) is 15.7 Å². The standard InChI is InChI=1S/C10H20N2O.C3H8.C2H6/c1-3-11-4-5-12(9(2)6-11)10-7-13-8-10;1-3-2;1-2/h9-10H,3-8H2,1-2H3;3H2,1-2H3;1-2H3. The van der Waals surface area contributed by atoms with Gasteiger partial charge < -0.3 is 9.64 Å². The molecule has 2 heterocycles. The predicted octanol–water partition coefficient (Wildman–Crippen LogP) is 2.85. The van der Waals surface area contributed by atoms with Gasteiger partial charge in [0.25, 0.3) is 0 Å². The third kappa shape index (κ3) is 5.68. The minimum absolute atomic E-state index is 0.711. The molecule has 3 nitrogen and oxygen atoms in total. The molecule has 0 aromatic rings. The van der Waals surface area contributed by atoms with E-state index >= 15 is 0 Å². The summed E-state index contributed by atoms with van der Waals surface area (Å²) in [4.78, 5) is 5.14. The number of ether oxygens (including phenoxy) is 1. The van der Waals surface area contributed by atoms with Crippen molar-refractivity contribution in [2.75, 3.05) is 39.4 Å². The van der Waals surface area contributed by atoms with Gasteiger partial charge in [-0.05, 0) is 13.5 Å². The molecule has 0 saturated carbocycles. The molecule has 2 saturated heterocycles. The Morgan fingerprint density at radius 2 is 1.61 bits per heavy atom. The summed E-state index contributed by atoms with van der Waals surface area (Å²) in [5.74, 6) is 0. The van der Waals surface area contributed by atoms with Gasteiger partial charge in [0.15, 0.2) is 0 Å². The quantitative estimate of drug-likeness (QED) is 0.757. The third-order valence-corrected chi connectivity index (χ3v) is 3.30. The van der Waals surface area contributed by atoms with Crippen LogP contribution in [0.2, 0.25) is 0 Å². The summed E-state index contributed by atoms with van der Waals surface area (Å²) in [5, 5.41) is 0. The van der Waals surface area contributed by atoms with Crippen LogP contribution < -0.4 is 0 Å². The van der Waals surface area contributed by atoms with Crippen LogP contribution >= 0.6 is 0 Å². The lowest BCUT2D eigenvalue weighted by molar-refractivity contribution is -0.0928. The zero-order chi connectivity index (χ0) is 14.0. The Balaban J connectivity index is 0.000000509. The van der Waals surface area contributed by atoms with Crippen LogP contribution in [0.25, 0.3) is 0 Å². The minimum Gasteiger partial charge on any atom is -0.378 e. The van der Waals surface area contributed by atoms with Crippen LogP contribution in [0, 0.1) is 0 Å². The lowest BCUT2D eigenvalue weighted by atomic mass is 10.1. The highest BCUT2D eigenvalue weighted by atomic mass is 16.5. The molecular weight excluding hydrogens is 224 g/mol. The maximum absolute atomic E-state index is 5.23. The van der Waals surface area contributed by atoms with Crippen molar-refractivity contribution in [1.29, 1.82) is 0 Å². The van der Waals surface area contributed by atoms with Crippen molar-refractivity contribution in [2.45, 2.75) is 60.0 Å². The SMILES string of the molecule is CC.CCC.CCN1CCN(C2COC2)C(C)C1. The van der Waals surface area contributed by atoms with Crippen LogP contribution in [0.3, 0.4) is 0 Å². The molecule has 0 aromatic carbocycles. The molecular formula is C15H34N2O. The summed E-state index contributed by atoms with van der Waals surface area (Å²) in [6.45, 7) is 19.6. The molecule has 0 aliphatic carbocycles. The molecule has 1 unspecified atom stereocenters.